The summed E-state index contributed by atoms with van der Waals surface area (Å²) in [5.41, 5.74) is 0. The molecule has 0 heterocycles. The van der Waals surface area contributed by atoms with Crippen LogP contribution in [-0.4, -0.2) is 13.1 Å². The molecule has 0 aromatic rings. The predicted molar refractivity (Wildman–Crippen MR) is 46.6 cm³/mol. The lowest BCUT2D eigenvalue weighted by Crippen LogP contribution is -2.17. The number of unbranched alkanes of at least 4 members (excludes halogenated alkanes) is 1. The highest BCUT2D eigenvalue weighted by Gasteiger charge is 1.92. The Morgan fingerprint density at radius 1 is 1.40 bits per heavy atom. The fourth-order valence-corrected chi connectivity index (χ4v) is 0.720. The van der Waals surface area contributed by atoms with E-state index in [1.165, 1.54) is 6.42 Å². The van der Waals surface area contributed by atoms with Crippen LogP contribution < -0.4 is 5.32 Å². The highest BCUT2D eigenvalue weighted by molar-refractivity contribution is 4.67. The minimum Gasteiger partial charge on any atom is -0.313 e. The zero-order valence-corrected chi connectivity index (χ0v) is 7.19. The summed E-state index contributed by atoms with van der Waals surface area (Å²) in [4.78, 5) is 0. The molecule has 0 unspecified atom stereocenters. The zero-order valence-electron chi connectivity index (χ0n) is 7.19. The van der Waals surface area contributed by atoms with Crippen molar-refractivity contribution in [3.8, 4) is 0 Å². The lowest BCUT2D eigenvalue weighted by atomic mass is 10.1. The third-order valence-electron chi connectivity index (χ3n) is 1.42. The van der Waals surface area contributed by atoms with Crippen molar-refractivity contribution in [2.75, 3.05) is 13.1 Å². The molecule has 0 aromatic carbocycles. The minimum atomic E-state index is 0.816. The van der Waals surface area contributed by atoms with E-state index in [0.29, 0.717) is 0 Å². The average molecular weight is 141 g/mol. The number of rotatable bonds is 6. The van der Waals surface area contributed by atoms with Crippen LogP contribution in [-0.2, 0) is 0 Å². The van der Waals surface area contributed by atoms with Gasteiger partial charge in [0.2, 0.25) is 0 Å². The van der Waals surface area contributed by atoms with Gasteiger partial charge in [0, 0.05) is 6.54 Å². The van der Waals surface area contributed by atoms with E-state index in [9.17, 15) is 0 Å². The van der Waals surface area contributed by atoms with Crippen molar-refractivity contribution in [1.82, 2.24) is 5.32 Å². The second-order valence-corrected chi connectivity index (χ2v) is 3.01. The maximum absolute atomic E-state index is 3.65. The molecule has 0 bridgehead atoms. The van der Waals surface area contributed by atoms with Crippen LogP contribution in [0.15, 0.2) is 0 Å². The van der Waals surface area contributed by atoms with Gasteiger partial charge in [-0.2, -0.15) is 0 Å². The third kappa shape index (κ3) is 7.83. The molecule has 0 saturated heterocycles. The normalized spacial score (nSPS) is 10.4. The maximum Gasteiger partial charge on any atom is 0.0694 e. The van der Waals surface area contributed by atoms with E-state index < -0.39 is 0 Å². The van der Waals surface area contributed by atoms with Crippen molar-refractivity contribution in [2.24, 2.45) is 5.92 Å². The van der Waals surface area contributed by atoms with E-state index in [2.05, 4.69) is 26.1 Å². The van der Waals surface area contributed by atoms with Gasteiger partial charge in [-0.3, -0.25) is 0 Å². The summed E-state index contributed by atoms with van der Waals surface area (Å²) in [5.74, 6) is 0.816. The fourth-order valence-electron chi connectivity index (χ4n) is 0.720. The molecule has 0 amide bonds. The van der Waals surface area contributed by atoms with Crippen LogP contribution >= 0.6 is 0 Å². The van der Waals surface area contributed by atoms with Gasteiger partial charge in [0.1, 0.15) is 0 Å². The first-order valence-electron chi connectivity index (χ1n) is 4.09. The fraction of sp³-hybridized carbons (Fsp3) is 0.778. The Hall–Kier alpha value is -0.170. The quantitative estimate of drug-likeness (QED) is 0.441. The molecule has 1 nitrogen and oxygen atoms in total. The summed E-state index contributed by atoms with van der Waals surface area (Å²) in [6.45, 7) is 10.4. The SMILES string of the molecule is [CH2-][CH+]CCNCCC(C)C. The number of nitrogens with one attached hydrogen (secondary N) is 1. The second-order valence-electron chi connectivity index (χ2n) is 3.01. The lowest BCUT2D eigenvalue weighted by Gasteiger charge is -2.04. The van der Waals surface area contributed by atoms with Crippen LogP contribution in [0.2, 0.25) is 0 Å². The monoisotopic (exact) mass is 141 g/mol. The van der Waals surface area contributed by atoms with Gasteiger partial charge in [-0.25, -0.2) is 0 Å². The summed E-state index contributed by atoms with van der Waals surface area (Å²) >= 11 is 0. The van der Waals surface area contributed by atoms with Gasteiger partial charge in [0.25, 0.3) is 0 Å². The minimum absolute atomic E-state index is 0.816. The van der Waals surface area contributed by atoms with Crippen LogP contribution in [0.5, 0.6) is 0 Å². The van der Waals surface area contributed by atoms with Crippen LogP contribution in [0.1, 0.15) is 26.7 Å². The Bertz CT molecular complexity index is 59.7. The first kappa shape index (κ1) is 9.83. The van der Waals surface area contributed by atoms with Crippen molar-refractivity contribution in [3.05, 3.63) is 13.3 Å². The molecule has 10 heavy (non-hydrogen) atoms. The molecule has 0 fully saturated rings. The van der Waals surface area contributed by atoms with E-state index >= 15 is 0 Å². The maximum atomic E-state index is 3.65. The Balaban J connectivity index is 2.77. The predicted octanol–water partition coefficient (Wildman–Crippen LogP) is 2.05. The molecular formula is C9H19N. The standard InChI is InChI=1S/C9H19N/c1-4-5-7-10-8-6-9(2)3/h4,9-10H,1,5-8H2,2-3H3. The number of hydrogen-bond acceptors (Lipinski definition) is 1. The van der Waals surface area contributed by atoms with Crippen LogP contribution in [0.4, 0.5) is 0 Å². The van der Waals surface area contributed by atoms with Gasteiger partial charge >= 0.3 is 0 Å². The summed E-state index contributed by atoms with van der Waals surface area (Å²) in [7, 11) is 0. The highest BCUT2D eigenvalue weighted by Crippen LogP contribution is 1.96. The Kier molecular flexibility index (Phi) is 6.83. The molecule has 1 N–H and O–H groups in total. The van der Waals surface area contributed by atoms with E-state index in [4.69, 9.17) is 0 Å². The summed E-state index contributed by atoms with van der Waals surface area (Å²) in [6, 6.07) is 0. The van der Waals surface area contributed by atoms with Crippen molar-refractivity contribution < 1.29 is 0 Å². The van der Waals surface area contributed by atoms with Gasteiger partial charge in [-0.15, -0.1) is 6.92 Å². The molecule has 0 aliphatic carbocycles. The molecule has 60 valence electrons. The third-order valence-corrected chi connectivity index (χ3v) is 1.42. The summed E-state index contributed by atoms with van der Waals surface area (Å²) < 4.78 is 0. The zero-order chi connectivity index (χ0) is 7.82. The van der Waals surface area contributed by atoms with Crippen molar-refractivity contribution in [3.63, 3.8) is 0 Å². The topological polar surface area (TPSA) is 12.0 Å². The van der Waals surface area contributed by atoms with Gasteiger partial charge in [-0.05, 0) is 18.9 Å². The van der Waals surface area contributed by atoms with E-state index in [-0.39, 0.29) is 0 Å². The van der Waals surface area contributed by atoms with Crippen LogP contribution in [0.25, 0.3) is 0 Å². The molecule has 0 aromatic heterocycles. The van der Waals surface area contributed by atoms with Gasteiger partial charge in [-0.1, -0.05) is 20.3 Å². The molecule has 0 rings (SSSR count). The molecule has 0 radical (unpaired) electrons. The molecular weight excluding hydrogens is 122 g/mol. The Morgan fingerprint density at radius 3 is 2.60 bits per heavy atom. The molecule has 1 heteroatoms. The van der Waals surface area contributed by atoms with Crippen molar-refractivity contribution >= 4 is 0 Å². The Morgan fingerprint density at radius 2 is 2.10 bits per heavy atom. The lowest BCUT2D eigenvalue weighted by molar-refractivity contribution is 0.539. The Labute approximate surface area is 65.2 Å². The van der Waals surface area contributed by atoms with E-state index in [0.717, 1.165) is 25.4 Å². The molecule has 0 aliphatic rings. The summed E-state index contributed by atoms with van der Waals surface area (Å²) in [6.07, 6.45) is 4.30. The molecule has 0 spiro atoms. The largest absolute Gasteiger partial charge is 0.313 e. The van der Waals surface area contributed by atoms with E-state index in [1.54, 1.807) is 0 Å². The highest BCUT2D eigenvalue weighted by atomic mass is 14.8. The smallest absolute Gasteiger partial charge is 0.0694 e. The first-order chi connectivity index (χ1) is 4.77. The first-order valence-corrected chi connectivity index (χ1v) is 4.09. The van der Waals surface area contributed by atoms with E-state index in [1.807, 2.05) is 6.42 Å². The molecule has 0 atom stereocenters. The van der Waals surface area contributed by atoms with Crippen LogP contribution in [0.3, 0.4) is 0 Å². The van der Waals surface area contributed by atoms with Gasteiger partial charge < -0.3 is 5.32 Å². The van der Waals surface area contributed by atoms with Crippen LogP contribution in [0, 0.1) is 19.3 Å². The van der Waals surface area contributed by atoms with Crippen molar-refractivity contribution in [1.29, 1.82) is 0 Å². The average Bonchev–Trinajstić information content (AvgIpc) is 1.87. The molecule has 0 saturated carbocycles. The molecule has 0 aliphatic heterocycles. The van der Waals surface area contributed by atoms with Gasteiger partial charge in [0.05, 0.1) is 6.42 Å². The summed E-state index contributed by atoms with van der Waals surface area (Å²) in [5, 5.41) is 3.35. The second kappa shape index (κ2) is 6.94. The van der Waals surface area contributed by atoms with Crippen molar-refractivity contribution in [2.45, 2.75) is 26.7 Å². The number of hydrogen-bond donors (Lipinski definition) is 1. The van der Waals surface area contributed by atoms with Gasteiger partial charge in [0.15, 0.2) is 0 Å².